The van der Waals surface area contributed by atoms with Crippen LogP contribution in [0.4, 0.5) is 4.79 Å². The highest BCUT2D eigenvalue weighted by Gasteiger charge is 2.14. The molecule has 2 N–H and O–H groups in total. The fourth-order valence-electron chi connectivity index (χ4n) is 1.76. The molecule has 19 heavy (non-hydrogen) atoms. The molecule has 1 aliphatic heterocycles. The van der Waals surface area contributed by atoms with E-state index >= 15 is 0 Å². The molecule has 5 nitrogen and oxygen atoms in total. The molecule has 1 heterocycles. The zero-order valence-electron chi connectivity index (χ0n) is 9.95. The highest BCUT2D eigenvalue weighted by Crippen LogP contribution is 2.30. The summed E-state index contributed by atoms with van der Waals surface area (Å²) < 4.78 is 0. The lowest BCUT2D eigenvalue weighted by molar-refractivity contribution is -0.0992. The maximum absolute atomic E-state index is 8.56. The molecule has 5 heteroatoms. The quantitative estimate of drug-likeness (QED) is 0.711. The SMILES string of the molecule is O=C(O)O.c1ccc2c(c1)Cc1ccccc1OO2. The fraction of sp³-hybridized carbons (Fsp3) is 0.0714. The Labute approximate surface area is 109 Å². The van der Waals surface area contributed by atoms with E-state index in [9.17, 15) is 0 Å². The lowest BCUT2D eigenvalue weighted by atomic mass is 10.0. The van der Waals surface area contributed by atoms with Crippen molar-refractivity contribution in [1.82, 2.24) is 0 Å². The third-order valence-electron chi connectivity index (χ3n) is 2.55. The van der Waals surface area contributed by atoms with Crippen LogP contribution in [0.15, 0.2) is 48.5 Å². The predicted octanol–water partition coefficient (Wildman–Crippen LogP) is 3.19. The number of hydrogen-bond acceptors (Lipinski definition) is 3. The summed E-state index contributed by atoms with van der Waals surface area (Å²) in [6.07, 6.45) is -0.980. The monoisotopic (exact) mass is 260 g/mol. The molecule has 0 atom stereocenters. The fourth-order valence-corrected chi connectivity index (χ4v) is 1.76. The van der Waals surface area contributed by atoms with E-state index in [-0.39, 0.29) is 0 Å². The van der Waals surface area contributed by atoms with Gasteiger partial charge in [-0.25, -0.2) is 4.79 Å². The van der Waals surface area contributed by atoms with Gasteiger partial charge in [0.1, 0.15) is 0 Å². The maximum atomic E-state index is 8.56. The lowest BCUT2D eigenvalue weighted by Gasteiger charge is -2.03. The first-order valence-corrected chi connectivity index (χ1v) is 5.59. The molecular weight excluding hydrogens is 248 g/mol. The normalized spacial score (nSPS) is 11.4. The van der Waals surface area contributed by atoms with Crippen LogP contribution in [0.25, 0.3) is 0 Å². The smallest absolute Gasteiger partial charge is 0.450 e. The molecular formula is C14H12O5. The van der Waals surface area contributed by atoms with Gasteiger partial charge in [0, 0.05) is 17.5 Å². The van der Waals surface area contributed by atoms with Crippen molar-refractivity contribution in [3.8, 4) is 11.5 Å². The standard InChI is InChI=1S/C13H10O2.CH2O3/c1-3-7-12-10(5-1)9-11-6-2-4-8-13(11)15-14-12;2-1(3)4/h1-8H,9H2;(H2,2,3,4). The van der Waals surface area contributed by atoms with E-state index in [0.29, 0.717) is 0 Å². The molecule has 0 aliphatic carbocycles. The second-order valence-electron chi connectivity index (χ2n) is 3.84. The van der Waals surface area contributed by atoms with Crippen LogP contribution in [0.5, 0.6) is 11.5 Å². The van der Waals surface area contributed by atoms with Gasteiger partial charge in [-0.3, -0.25) is 9.78 Å². The maximum Gasteiger partial charge on any atom is 0.503 e. The Hall–Kier alpha value is -2.69. The van der Waals surface area contributed by atoms with Gasteiger partial charge in [-0.05, 0) is 12.1 Å². The van der Waals surface area contributed by atoms with Gasteiger partial charge in [-0.1, -0.05) is 36.4 Å². The zero-order valence-corrected chi connectivity index (χ0v) is 9.95. The van der Waals surface area contributed by atoms with Crippen LogP contribution in [0.3, 0.4) is 0 Å². The van der Waals surface area contributed by atoms with Gasteiger partial charge in [-0.15, -0.1) is 0 Å². The van der Waals surface area contributed by atoms with E-state index in [1.807, 2.05) is 36.4 Å². The van der Waals surface area contributed by atoms with Crippen molar-refractivity contribution in [1.29, 1.82) is 0 Å². The first kappa shape index (κ1) is 12.8. The second-order valence-corrected chi connectivity index (χ2v) is 3.84. The Morgan fingerprint density at radius 2 is 1.21 bits per heavy atom. The Bertz CT molecular complexity index is 530. The Morgan fingerprint density at radius 3 is 1.63 bits per heavy atom. The molecule has 1 aliphatic rings. The summed E-state index contributed by atoms with van der Waals surface area (Å²) in [6.45, 7) is 0. The van der Waals surface area contributed by atoms with E-state index in [1.165, 1.54) is 0 Å². The summed E-state index contributed by atoms with van der Waals surface area (Å²) in [7, 11) is 0. The molecule has 3 rings (SSSR count). The topological polar surface area (TPSA) is 76.0 Å². The van der Waals surface area contributed by atoms with E-state index in [2.05, 4.69) is 12.1 Å². The van der Waals surface area contributed by atoms with Crippen LogP contribution in [0.2, 0.25) is 0 Å². The van der Waals surface area contributed by atoms with Crippen LogP contribution in [0.1, 0.15) is 11.1 Å². The summed E-state index contributed by atoms with van der Waals surface area (Å²) in [5.74, 6) is 1.60. The van der Waals surface area contributed by atoms with E-state index < -0.39 is 6.16 Å². The minimum Gasteiger partial charge on any atom is -0.450 e. The number of fused-ring (bicyclic) bond motifs is 2. The highest BCUT2D eigenvalue weighted by molar-refractivity contribution is 5.53. The minimum atomic E-state index is -1.83. The summed E-state index contributed by atoms with van der Waals surface area (Å²) in [5, 5.41) is 13.9. The molecule has 0 unspecified atom stereocenters. The van der Waals surface area contributed by atoms with Gasteiger partial charge < -0.3 is 10.2 Å². The molecule has 0 radical (unpaired) electrons. The lowest BCUT2D eigenvalue weighted by Crippen LogP contribution is -1.99. The Kier molecular flexibility index (Phi) is 3.87. The number of hydrogen-bond donors (Lipinski definition) is 2. The molecule has 2 aromatic carbocycles. The number of rotatable bonds is 0. The van der Waals surface area contributed by atoms with Gasteiger partial charge in [0.05, 0.1) is 0 Å². The van der Waals surface area contributed by atoms with E-state index in [1.54, 1.807) is 0 Å². The molecule has 0 aromatic heterocycles. The molecule has 0 fully saturated rings. The van der Waals surface area contributed by atoms with Crippen LogP contribution >= 0.6 is 0 Å². The van der Waals surface area contributed by atoms with Crippen LogP contribution < -0.4 is 9.78 Å². The minimum absolute atomic E-state index is 0.800. The van der Waals surface area contributed by atoms with Crippen molar-refractivity contribution in [3.63, 3.8) is 0 Å². The summed E-state index contributed by atoms with van der Waals surface area (Å²) >= 11 is 0. The first-order chi connectivity index (χ1) is 9.16. The number of benzene rings is 2. The summed E-state index contributed by atoms with van der Waals surface area (Å²) in [6, 6.07) is 15.9. The van der Waals surface area contributed by atoms with Crippen molar-refractivity contribution < 1.29 is 24.8 Å². The number of carboxylic acid groups (broad SMARTS) is 2. The van der Waals surface area contributed by atoms with Gasteiger partial charge in [-0.2, -0.15) is 0 Å². The van der Waals surface area contributed by atoms with Crippen LogP contribution in [-0.4, -0.2) is 16.4 Å². The van der Waals surface area contributed by atoms with Crippen molar-refractivity contribution in [3.05, 3.63) is 59.7 Å². The molecule has 0 spiro atoms. The third-order valence-corrected chi connectivity index (χ3v) is 2.55. The predicted molar refractivity (Wildman–Crippen MR) is 67.6 cm³/mol. The van der Waals surface area contributed by atoms with Crippen molar-refractivity contribution in [2.45, 2.75) is 6.42 Å². The first-order valence-electron chi connectivity index (χ1n) is 5.59. The van der Waals surface area contributed by atoms with E-state index in [4.69, 9.17) is 24.8 Å². The molecule has 0 bridgehead atoms. The molecule has 98 valence electrons. The van der Waals surface area contributed by atoms with Gasteiger partial charge in [0.2, 0.25) is 0 Å². The van der Waals surface area contributed by atoms with Crippen LogP contribution in [0, 0.1) is 0 Å². The Morgan fingerprint density at radius 1 is 0.842 bits per heavy atom. The molecule has 0 saturated carbocycles. The largest absolute Gasteiger partial charge is 0.503 e. The average Bonchev–Trinajstić information content (AvgIpc) is 2.57. The second kappa shape index (κ2) is 5.77. The van der Waals surface area contributed by atoms with Gasteiger partial charge in [0.15, 0.2) is 11.5 Å². The number of carbonyl (C=O) groups is 1. The summed E-state index contributed by atoms with van der Waals surface area (Å²) in [5.41, 5.74) is 2.31. The van der Waals surface area contributed by atoms with Gasteiger partial charge >= 0.3 is 6.16 Å². The molecule has 0 saturated heterocycles. The highest BCUT2D eigenvalue weighted by atomic mass is 17.2. The number of para-hydroxylation sites is 2. The van der Waals surface area contributed by atoms with Crippen molar-refractivity contribution >= 4 is 6.16 Å². The van der Waals surface area contributed by atoms with Crippen molar-refractivity contribution in [2.75, 3.05) is 0 Å². The average molecular weight is 260 g/mol. The Balaban J connectivity index is 0.000000297. The van der Waals surface area contributed by atoms with Crippen molar-refractivity contribution in [2.24, 2.45) is 0 Å². The van der Waals surface area contributed by atoms with Crippen LogP contribution in [-0.2, 0) is 6.42 Å². The third kappa shape index (κ3) is 3.38. The summed E-state index contributed by atoms with van der Waals surface area (Å²) in [4.78, 5) is 19.1. The zero-order chi connectivity index (χ0) is 13.7. The molecule has 0 amide bonds. The van der Waals surface area contributed by atoms with E-state index in [0.717, 1.165) is 29.0 Å². The van der Waals surface area contributed by atoms with Gasteiger partial charge in [0.25, 0.3) is 0 Å². The molecule has 2 aromatic rings.